The Labute approximate surface area is 189 Å². The number of rotatable bonds is 9. The second kappa shape index (κ2) is 10.1. The molecule has 2 aromatic heterocycles. The van der Waals surface area contributed by atoms with Gasteiger partial charge in [-0.25, -0.2) is 0 Å². The summed E-state index contributed by atoms with van der Waals surface area (Å²) < 4.78 is 18.1. The molecule has 1 N–H and O–H groups in total. The molecule has 0 bridgehead atoms. The van der Waals surface area contributed by atoms with Crippen LogP contribution >= 0.6 is 11.8 Å². The predicted octanol–water partition coefficient (Wildman–Crippen LogP) is 4.33. The van der Waals surface area contributed by atoms with E-state index in [1.807, 2.05) is 41.0 Å². The summed E-state index contributed by atoms with van der Waals surface area (Å²) in [5.41, 5.74) is 1.51. The maximum absolute atomic E-state index is 12.5. The first-order valence-electron chi connectivity index (χ1n) is 9.83. The Morgan fingerprint density at radius 3 is 2.56 bits per heavy atom. The number of amides is 1. The molecule has 0 aliphatic rings. The molecule has 1 amide bonds. The number of carbonyl (C=O) groups excluding carboxylic acids is 1. The van der Waals surface area contributed by atoms with Gasteiger partial charge in [-0.05, 0) is 48.5 Å². The lowest BCUT2D eigenvalue weighted by atomic mass is 10.2. The van der Waals surface area contributed by atoms with E-state index in [0.717, 1.165) is 17.1 Å². The number of furan rings is 1. The minimum Gasteiger partial charge on any atom is -0.497 e. The number of hydrogen-bond donors (Lipinski definition) is 1. The smallest absolute Gasteiger partial charge is 0.234 e. The Hall–Kier alpha value is -3.72. The average Bonchev–Trinajstić information content (AvgIpc) is 3.48. The average molecular weight is 451 g/mol. The van der Waals surface area contributed by atoms with Crippen molar-refractivity contribution in [3.05, 3.63) is 72.7 Å². The van der Waals surface area contributed by atoms with Crippen LogP contribution in [0.25, 0.3) is 11.4 Å². The van der Waals surface area contributed by atoms with E-state index in [2.05, 4.69) is 15.5 Å². The highest BCUT2D eigenvalue weighted by atomic mass is 32.2. The molecule has 0 aliphatic carbocycles. The highest BCUT2D eigenvalue weighted by molar-refractivity contribution is 7.99. The van der Waals surface area contributed by atoms with Crippen LogP contribution in [0.5, 0.6) is 11.5 Å². The van der Waals surface area contributed by atoms with Crippen LogP contribution in [0.4, 0.5) is 5.69 Å². The molecular weight excluding hydrogens is 428 g/mol. The third-order valence-electron chi connectivity index (χ3n) is 4.66. The zero-order valence-corrected chi connectivity index (χ0v) is 18.5. The highest BCUT2D eigenvalue weighted by Crippen LogP contribution is 2.31. The molecule has 4 aromatic rings. The number of para-hydroxylation sites is 1. The first kappa shape index (κ1) is 21.5. The van der Waals surface area contributed by atoms with Gasteiger partial charge in [0, 0.05) is 5.69 Å². The van der Waals surface area contributed by atoms with Crippen molar-refractivity contribution in [2.45, 2.75) is 11.7 Å². The van der Waals surface area contributed by atoms with Gasteiger partial charge in [0.2, 0.25) is 5.91 Å². The summed E-state index contributed by atoms with van der Waals surface area (Å²) in [5.74, 6) is 2.84. The lowest BCUT2D eigenvalue weighted by Crippen LogP contribution is -2.14. The van der Waals surface area contributed by atoms with Crippen molar-refractivity contribution >= 4 is 23.4 Å². The molecule has 9 heteroatoms. The summed E-state index contributed by atoms with van der Waals surface area (Å²) in [5, 5.41) is 12.2. The van der Waals surface area contributed by atoms with Gasteiger partial charge in [0.1, 0.15) is 17.3 Å². The van der Waals surface area contributed by atoms with Crippen molar-refractivity contribution in [3.8, 4) is 22.9 Å². The lowest BCUT2D eigenvalue weighted by Gasteiger charge is -2.11. The molecule has 0 saturated heterocycles. The Kier molecular flexibility index (Phi) is 6.76. The molecular formula is C23H22N4O4S. The molecule has 2 aromatic carbocycles. The number of anilines is 1. The quantitative estimate of drug-likeness (QED) is 0.379. The van der Waals surface area contributed by atoms with Crippen molar-refractivity contribution < 1.29 is 18.7 Å². The van der Waals surface area contributed by atoms with Crippen molar-refractivity contribution in [2.24, 2.45) is 0 Å². The maximum Gasteiger partial charge on any atom is 0.234 e. The highest BCUT2D eigenvalue weighted by Gasteiger charge is 2.19. The van der Waals surface area contributed by atoms with Crippen LogP contribution in [-0.2, 0) is 11.3 Å². The fraction of sp³-hybridized carbons (Fsp3) is 0.174. The summed E-state index contributed by atoms with van der Waals surface area (Å²) in [4.78, 5) is 12.5. The van der Waals surface area contributed by atoms with Crippen LogP contribution in [0.1, 0.15) is 5.76 Å². The van der Waals surface area contributed by atoms with E-state index in [0.29, 0.717) is 29.0 Å². The number of carbonyl (C=O) groups is 1. The molecule has 164 valence electrons. The molecule has 4 rings (SSSR count). The van der Waals surface area contributed by atoms with Crippen molar-refractivity contribution in [2.75, 3.05) is 25.3 Å². The number of hydrogen-bond acceptors (Lipinski definition) is 7. The lowest BCUT2D eigenvalue weighted by molar-refractivity contribution is -0.113. The van der Waals surface area contributed by atoms with Crippen LogP contribution in [0.3, 0.4) is 0 Å². The van der Waals surface area contributed by atoms with Crippen molar-refractivity contribution in [1.82, 2.24) is 14.8 Å². The number of nitrogens with one attached hydrogen (secondary N) is 1. The second-order valence-electron chi connectivity index (χ2n) is 6.74. The first-order valence-corrected chi connectivity index (χ1v) is 10.8. The van der Waals surface area contributed by atoms with Crippen LogP contribution in [0.15, 0.2) is 76.5 Å². The second-order valence-corrected chi connectivity index (χ2v) is 7.68. The van der Waals surface area contributed by atoms with E-state index in [1.165, 1.54) is 11.8 Å². The van der Waals surface area contributed by atoms with Crippen LogP contribution < -0.4 is 14.8 Å². The first-order chi connectivity index (χ1) is 15.7. The summed E-state index contributed by atoms with van der Waals surface area (Å²) in [6, 6.07) is 18.5. The van der Waals surface area contributed by atoms with E-state index >= 15 is 0 Å². The number of ether oxygens (including phenoxy) is 2. The molecule has 8 nitrogen and oxygen atoms in total. The molecule has 2 heterocycles. The zero-order valence-electron chi connectivity index (χ0n) is 17.6. The minimum atomic E-state index is -0.147. The summed E-state index contributed by atoms with van der Waals surface area (Å²) in [6.45, 7) is 0.426. The molecule has 0 atom stereocenters. The van der Waals surface area contributed by atoms with Gasteiger partial charge in [0.25, 0.3) is 0 Å². The summed E-state index contributed by atoms with van der Waals surface area (Å²) >= 11 is 1.30. The topological polar surface area (TPSA) is 91.4 Å². The molecule has 32 heavy (non-hydrogen) atoms. The van der Waals surface area contributed by atoms with Crippen LogP contribution in [0, 0.1) is 0 Å². The SMILES string of the molecule is COc1ccc(NC(=O)CSc2nnc(-c3ccccc3OC)n2Cc2ccco2)cc1. The van der Waals surface area contributed by atoms with E-state index < -0.39 is 0 Å². The monoisotopic (exact) mass is 450 g/mol. The number of nitrogens with zero attached hydrogens (tertiary/aromatic N) is 3. The van der Waals surface area contributed by atoms with Gasteiger partial charge in [-0.3, -0.25) is 9.36 Å². The van der Waals surface area contributed by atoms with Gasteiger partial charge in [-0.1, -0.05) is 23.9 Å². The summed E-state index contributed by atoms with van der Waals surface area (Å²) in [7, 11) is 3.22. The Bertz CT molecular complexity index is 1170. The third kappa shape index (κ3) is 4.94. The molecule has 0 saturated carbocycles. The molecule has 0 fully saturated rings. The van der Waals surface area contributed by atoms with E-state index in [9.17, 15) is 4.79 Å². The van der Waals surface area contributed by atoms with Crippen LogP contribution in [0.2, 0.25) is 0 Å². The Morgan fingerprint density at radius 1 is 1.03 bits per heavy atom. The largest absolute Gasteiger partial charge is 0.497 e. The van der Waals surface area contributed by atoms with E-state index in [4.69, 9.17) is 13.9 Å². The molecule has 0 spiro atoms. The van der Waals surface area contributed by atoms with Gasteiger partial charge >= 0.3 is 0 Å². The molecule has 0 aliphatic heterocycles. The minimum absolute atomic E-state index is 0.147. The van der Waals surface area contributed by atoms with Crippen molar-refractivity contribution in [1.29, 1.82) is 0 Å². The van der Waals surface area contributed by atoms with E-state index in [-0.39, 0.29) is 11.7 Å². The molecule has 0 unspecified atom stereocenters. The van der Waals surface area contributed by atoms with Gasteiger partial charge in [0.05, 0.1) is 38.3 Å². The zero-order chi connectivity index (χ0) is 22.3. The summed E-state index contributed by atoms with van der Waals surface area (Å²) in [6.07, 6.45) is 1.62. The standard InChI is InChI=1S/C23H22N4O4S/c1-29-17-11-9-16(10-12-17)24-21(28)15-32-23-26-25-22(19-7-3-4-8-20(19)30-2)27(23)14-18-6-5-13-31-18/h3-13H,14-15H2,1-2H3,(H,24,28). The number of aromatic nitrogens is 3. The van der Waals surface area contributed by atoms with Gasteiger partial charge in [0.15, 0.2) is 11.0 Å². The number of methoxy groups -OCH3 is 2. The van der Waals surface area contributed by atoms with Gasteiger partial charge in [-0.15, -0.1) is 10.2 Å². The van der Waals surface area contributed by atoms with Gasteiger partial charge < -0.3 is 19.2 Å². The van der Waals surface area contributed by atoms with Crippen LogP contribution in [-0.4, -0.2) is 40.6 Å². The predicted molar refractivity (Wildman–Crippen MR) is 122 cm³/mol. The fourth-order valence-electron chi connectivity index (χ4n) is 3.13. The van der Waals surface area contributed by atoms with Crippen molar-refractivity contribution in [3.63, 3.8) is 0 Å². The van der Waals surface area contributed by atoms with Gasteiger partial charge in [-0.2, -0.15) is 0 Å². The fourth-order valence-corrected chi connectivity index (χ4v) is 3.86. The van der Waals surface area contributed by atoms with E-state index in [1.54, 1.807) is 44.7 Å². The Morgan fingerprint density at radius 2 is 1.84 bits per heavy atom. The Balaban J connectivity index is 1.53. The normalized spacial score (nSPS) is 10.7. The number of thioether (sulfide) groups is 1. The molecule has 0 radical (unpaired) electrons. The maximum atomic E-state index is 12.5. The third-order valence-corrected chi connectivity index (χ3v) is 5.63. The number of benzene rings is 2.